The Bertz CT molecular complexity index is 273. The van der Waals surface area contributed by atoms with Crippen molar-refractivity contribution in [3.8, 4) is 0 Å². The predicted molar refractivity (Wildman–Crippen MR) is 75.3 cm³/mol. The molecule has 0 spiro atoms. The molecule has 1 N–H and O–H groups in total. The fourth-order valence-corrected chi connectivity index (χ4v) is 2.87. The molecule has 0 radical (unpaired) electrons. The lowest BCUT2D eigenvalue weighted by Crippen LogP contribution is -2.55. The quantitative estimate of drug-likeness (QED) is 0.752. The Balaban J connectivity index is 2.62. The summed E-state index contributed by atoms with van der Waals surface area (Å²) in [6, 6.07) is 0.994. The molecule has 5 nitrogen and oxygen atoms in total. The van der Waals surface area contributed by atoms with Crippen molar-refractivity contribution in [1.82, 2.24) is 10.2 Å². The maximum absolute atomic E-state index is 12.2. The van der Waals surface area contributed by atoms with Gasteiger partial charge in [0.25, 0.3) is 0 Å². The highest BCUT2D eigenvalue weighted by molar-refractivity contribution is 5.68. The highest BCUT2D eigenvalue weighted by Crippen LogP contribution is 2.26. The fraction of sp³-hybridized carbons (Fsp3) is 0.929. The average Bonchev–Trinajstić information content (AvgIpc) is 2.38. The summed E-state index contributed by atoms with van der Waals surface area (Å²) < 4.78 is 10.2. The van der Waals surface area contributed by atoms with Crippen LogP contribution in [0.2, 0.25) is 0 Å². The van der Waals surface area contributed by atoms with Crippen molar-refractivity contribution >= 4 is 6.09 Å². The minimum absolute atomic E-state index is 0.197. The van der Waals surface area contributed by atoms with Gasteiger partial charge >= 0.3 is 6.09 Å². The molecule has 1 fully saturated rings. The number of likely N-dealkylation sites (tertiary alicyclic amines) is 1. The molecule has 1 rings (SSSR count). The first kappa shape index (κ1) is 16.2. The van der Waals surface area contributed by atoms with Gasteiger partial charge in [0.15, 0.2) is 0 Å². The van der Waals surface area contributed by atoms with Gasteiger partial charge in [0, 0.05) is 25.2 Å². The Kier molecular flexibility index (Phi) is 7.16. The number of hydrogen-bond donors (Lipinski definition) is 1. The molecule has 1 aliphatic heterocycles. The number of amides is 1. The second kappa shape index (κ2) is 8.38. The van der Waals surface area contributed by atoms with Crippen LogP contribution in [0.1, 0.15) is 39.5 Å². The summed E-state index contributed by atoms with van der Waals surface area (Å²) in [5, 5.41) is 3.34. The van der Waals surface area contributed by atoms with E-state index in [1.165, 1.54) is 0 Å². The molecule has 5 heteroatoms. The molecule has 0 saturated carbocycles. The van der Waals surface area contributed by atoms with Crippen LogP contribution in [-0.2, 0) is 9.47 Å². The van der Waals surface area contributed by atoms with E-state index in [9.17, 15) is 4.79 Å². The predicted octanol–water partition coefficient (Wildman–Crippen LogP) is 2.01. The smallest absolute Gasteiger partial charge is 0.410 e. The van der Waals surface area contributed by atoms with E-state index in [4.69, 9.17) is 9.47 Å². The summed E-state index contributed by atoms with van der Waals surface area (Å²) in [7, 11) is 3.60. The number of rotatable bonds is 6. The third-order valence-electron chi connectivity index (χ3n) is 3.80. The van der Waals surface area contributed by atoms with Crippen molar-refractivity contribution < 1.29 is 14.3 Å². The number of carbonyl (C=O) groups excluding carboxylic acids is 1. The van der Waals surface area contributed by atoms with Crippen molar-refractivity contribution in [3.63, 3.8) is 0 Å². The van der Waals surface area contributed by atoms with Crippen LogP contribution in [0, 0.1) is 0 Å². The van der Waals surface area contributed by atoms with E-state index in [1.807, 2.05) is 11.9 Å². The molecule has 0 aromatic heterocycles. The summed E-state index contributed by atoms with van der Waals surface area (Å²) in [5.41, 5.74) is 0. The molecule has 0 aliphatic carbocycles. The Morgan fingerprint density at radius 1 is 1.37 bits per heavy atom. The van der Waals surface area contributed by atoms with E-state index in [1.54, 1.807) is 7.11 Å². The highest BCUT2D eigenvalue weighted by atomic mass is 16.6. The van der Waals surface area contributed by atoms with E-state index in [2.05, 4.69) is 19.2 Å². The molecule has 3 atom stereocenters. The number of ether oxygens (including phenoxy) is 2. The Labute approximate surface area is 116 Å². The van der Waals surface area contributed by atoms with Crippen LogP contribution >= 0.6 is 0 Å². The van der Waals surface area contributed by atoms with Crippen molar-refractivity contribution in [2.24, 2.45) is 0 Å². The van der Waals surface area contributed by atoms with Crippen LogP contribution in [0.25, 0.3) is 0 Å². The van der Waals surface area contributed by atoms with E-state index >= 15 is 0 Å². The number of methoxy groups -OCH3 is 1. The van der Waals surface area contributed by atoms with Gasteiger partial charge in [-0.25, -0.2) is 4.79 Å². The van der Waals surface area contributed by atoms with Crippen LogP contribution in [0.4, 0.5) is 4.79 Å². The van der Waals surface area contributed by atoms with Gasteiger partial charge in [-0.15, -0.1) is 0 Å². The van der Waals surface area contributed by atoms with Crippen LogP contribution in [0.5, 0.6) is 0 Å². The van der Waals surface area contributed by atoms with Gasteiger partial charge in [-0.05, 0) is 33.2 Å². The molecule has 112 valence electrons. The molecule has 0 bridgehead atoms. The molecule has 0 aromatic rings. The minimum Gasteiger partial charge on any atom is -0.447 e. The molecule has 1 heterocycles. The Morgan fingerprint density at radius 3 is 2.68 bits per heavy atom. The summed E-state index contributed by atoms with van der Waals surface area (Å²) in [6.45, 7) is 5.03. The lowest BCUT2D eigenvalue weighted by molar-refractivity contribution is 0.0276. The van der Waals surface area contributed by atoms with Crippen molar-refractivity contribution in [3.05, 3.63) is 0 Å². The van der Waals surface area contributed by atoms with Crippen molar-refractivity contribution in [2.75, 3.05) is 27.4 Å². The first-order valence-corrected chi connectivity index (χ1v) is 7.25. The number of hydrogen-bond acceptors (Lipinski definition) is 4. The van der Waals surface area contributed by atoms with E-state index in [-0.39, 0.29) is 18.2 Å². The summed E-state index contributed by atoms with van der Waals surface area (Å²) in [6.07, 6.45) is 3.90. The summed E-state index contributed by atoms with van der Waals surface area (Å²) in [5.74, 6) is 0. The van der Waals surface area contributed by atoms with Gasteiger partial charge in [0.1, 0.15) is 6.61 Å². The normalized spacial score (nSPS) is 27.4. The van der Waals surface area contributed by atoms with Gasteiger partial charge in [0.2, 0.25) is 0 Å². The van der Waals surface area contributed by atoms with E-state index < -0.39 is 0 Å². The van der Waals surface area contributed by atoms with Gasteiger partial charge in [0.05, 0.1) is 6.61 Å². The molecule has 1 saturated heterocycles. The number of nitrogens with one attached hydrogen (secondary N) is 1. The van der Waals surface area contributed by atoms with Crippen LogP contribution in [-0.4, -0.2) is 56.5 Å². The monoisotopic (exact) mass is 272 g/mol. The third kappa shape index (κ3) is 4.66. The first-order valence-electron chi connectivity index (χ1n) is 7.25. The number of nitrogens with zero attached hydrogens (tertiary/aromatic N) is 1. The summed E-state index contributed by atoms with van der Waals surface area (Å²) in [4.78, 5) is 14.1. The Morgan fingerprint density at radius 2 is 2.11 bits per heavy atom. The van der Waals surface area contributed by atoms with Gasteiger partial charge in [-0.1, -0.05) is 13.3 Å². The highest BCUT2D eigenvalue weighted by Gasteiger charge is 2.36. The molecule has 1 amide bonds. The molecular formula is C14H28N2O3. The van der Waals surface area contributed by atoms with Crippen LogP contribution < -0.4 is 5.32 Å². The molecular weight excluding hydrogens is 244 g/mol. The maximum atomic E-state index is 12.2. The lowest BCUT2D eigenvalue weighted by Gasteiger charge is -2.43. The summed E-state index contributed by atoms with van der Waals surface area (Å²) >= 11 is 0. The SMILES string of the molecule is CCC[C@H]1C[C@H](NC)C[C@@H](C)N1C(=O)OCCOC. The molecule has 1 aliphatic rings. The molecule has 0 aromatic carbocycles. The maximum Gasteiger partial charge on any atom is 0.410 e. The largest absolute Gasteiger partial charge is 0.447 e. The van der Waals surface area contributed by atoms with Crippen LogP contribution in [0.3, 0.4) is 0 Å². The zero-order chi connectivity index (χ0) is 14.3. The average molecular weight is 272 g/mol. The van der Waals surface area contributed by atoms with Crippen LogP contribution in [0.15, 0.2) is 0 Å². The van der Waals surface area contributed by atoms with Gasteiger partial charge < -0.3 is 19.7 Å². The van der Waals surface area contributed by atoms with Crippen molar-refractivity contribution in [2.45, 2.75) is 57.7 Å². The third-order valence-corrected chi connectivity index (χ3v) is 3.80. The standard InChI is InChI=1S/C14H28N2O3/c1-5-6-13-10-12(15-3)9-11(2)16(13)14(17)19-8-7-18-4/h11-13,15H,5-10H2,1-4H3/t11-,12-,13+/m1/s1. The van der Waals surface area contributed by atoms with Gasteiger partial charge in [-0.3, -0.25) is 0 Å². The number of piperidine rings is 1. The van der Waals surface area contributed by atoms with Gasteiger partial charge in [-0.2, -0.15) is 0 Å². The lowest BCUT2D eigenvalue weighted by atomic mass is 9.90. The van der Waals surface area contributed by atoms with E-state index in [0.29, 0.717) is 19.3 Å². The second-order valence-corrected chi connectivity index (χ2v) is 5.26. The topological polar surface area (TPSA) is 50.8 Å². The Hall–Kier alpha value is -0.810. The second-order valence-electron chi connectivity index (χ2n) is 5.26. The van der Waals surface area contributed by atoms with Crippen molar-refractivity contribution in [1.29, 1.82) is 0 Å². The van der Waals surface area contributed by atoms with E-state index in [0.717, 1.165) is 25.7 Å². The first-order chi connectivity index (χ1) is 9.13. The zero-order valence-electron chi connectivity index (χ0n) is 12.6. The molecule has 0 unspecified atom stereocenters. The molecule has 19 heavy (non-hydrogen) atoms. The fourth-order valence-electron chi connectivity index (χ4n) is 2.87. The zero-order valence-corrected chi connectivity index (χ0v) is 12.6. The number of carbonyl (C=O) groups is 1. The minimum atomic E-state index is -0.197.